The number of carbonyl (C=O) groups is 1. The highest BCUT2D eigenvalue weighted by molar-refractivity contribution is 6.30. The first-order valence-corrected chi connectivity index (χ1v) is 11.9. The number of benzene rings is 3. The zero-order valence-electron chi connectivity index (χ0n) is 18.0. The van der Waals surface area contributed by atoms with Crippen molar-refractivity contribution in [3.05, 3.63) is 106 Å². The van der Waals surface area contributed by atoms with E-state index in [4.69, 9.17) is 23.2 Å². The van der Waals surface area contributed by atoms with Gasteiger partial charge in [-0.1, -0.05) is 77.8 Å². The Morgan fingerprint density at radius 1 is 0.844 bits per heavy atom. The molecule has 1 fully saturated rings. The quantitative estimate of drug-likeness (QED) is 0.432. The highest BCUT2D eigenvalue weighted by Crippen LogP contribution is 2.28. The Bertz CT molecular complexity index is 953. The lowest BCUT2D eigenvalue weighted by Gasteiger charge is -2.32. The highest BCUT2D eigenvalue weighted by atomic mass is 35.5. The van der Waals surface area contributed by atoms with Crippen molar-refractivity contribution in [2.75, 3.05) is 19.6 Å². The second kappa shape index (κ2) is 11.0. The Morgan fingerprint density at radius 2 is 1.38 bits per heavy atom. The molecule has 1 aliphatic heterocycles. The smallest absolute Gasteiger partial charge is 0.222 e. The molecule has 0 spiro atoms. The van der Waals surface area contributed by atoms with E-state index < -0.39 is 0 Å². The van der Waals surface area contributed by atoms with E-state index in [0.717, 1.165) is 43.6 Å². The van der Waals surface area contributed by atoms with Gasteiger partial charge in [0.05, 0.1) is 6.04 Å². The zero-order valence-corrected chi connectivity index (χ0v) is 19.5. The molecule has 4 rings (SSSR count). The average Bonchev–Trinajstić information content (AvgIpc) is 2.83. The van der Waals surface area contributed by atoms with Crippen LogP contribution in [-0.4, -0.2) is 30.4 Å². The number of piperidine rings is 1. The maximum atomic E-state index is 12.9. The van der Waals surface area contributed by atoms with Gasteiger partial charge in [0.2, 0.25) is 5.91 Å². The van der Waals surface area contributed by atoms with Crippen molar-refractivity contribution in [2.24, 2.45) is 0 Å². The molecule has 0 atom stereocenters. The first kappa shape index (κ1) is 22.8. The van der Waals surface area contributed by atoms with Crippen molar-refractivity contribution in [2.45, 2.75) is 31.2 Å². The minimum absolute atomic E-state index is 0.0464. The second-order valence-electron chi connectivity index (χ2n) is 8.38. The van der Waals surface area contributed by atoms with Gasteiger partial charge in [-0.3, -0.25) is 4.79 Å². The van der Waals surface area contributed by atoms with E-state index in [-0.39, 0.29) is 11.9 Å². The lowest BCUT2D eigenvalue weighted by atomic mass is 9.89. The largest absolute Gasteiger partial charge is 0.345 e. The van der Waals surface area contributed by atoms with Gasteiger partial charge < -0.3 is 10.2 Å². The SMILES string of the molecule is O=C(CCN1CCC(c2ccccc2)CC1)NC(c1ccc(Cl)cc1)c1ccc(Cl)cc1. The Morgan fingerprint density at radius 3 is 1.91 bits per heavy atom. The zero-order chi connectivity index (χ0) is 22.3. The van der Waals surface area contributed by atoms with Crippen molar-refractivity contribution in [1.82, 2.24) is 10.2 Å². The van der Waals surface area contributed by atoms with Gasteiger partial charge in [0.15, 0.2) is 0 Å². The highest BCUT2D eigenvalue weighted by Gasteiger charge is 2.22. The monoisotopic (exact) mass is 466 g/mol. The van der Waals surface area contributed by atoms with Gasteiger partial charge in [-0.15, -0.1) is 0 Å². The molecule has 0 aliphatic carbocycles. The van der Waals surface area contributed by atoms with Gasteiger partial charge in [-0.2, -0.15) is 0 Å². The summed E-state index contributed by atoms with van der Waals surface area (Å²) in [7, 11) is 0. The third kappa shape index (κ3) is 6.13. The summed E-state index contributed by atoms with van der Waals surface area (Å²) in [6.07, 6.45) is 2.77. The number of nitrogens with zero attached hydrogens (tertiary/aromatic N) is 1. The number of amides is 1. The number of carbonyl (C=O) groups excluding carboxylic acids is 1. The molecule has 1 heterocycles. The Kier molecular flexibility index (Phi) is 7.85. The fourth-order valence-corrected chi connectivity index (χ4v) is 4.63. The molecule has 1 amide bonds. The Labute approximate surface area is 200 Å². The van der Waals surface area contributed by atoms with Gasteiger partial charge in [0.25, 0.3) is 0 Å². The first-order chi connectivity index (χ1) is 15.6. The van der Waals surface area contributed by atoms with E-state index in [1.807, 2.05) is 48.5 Å². The molecule has 1 N–H and O–H groups in total. The van der Waals surface area contributed by atoms with Crippen LogP contribution in [0.4, 0.5) is 0 Å². The number of halogens is 2. The van der Waals surface area contributed by atoms with E-state index >= 15 is 0 Å². The molecular formula is C27H28Cl2N2O. The molecule has 5 heteroatoms. The first-order valence-electron chi connectivity index (χ1n) is 11.2. The van der Waals surface area contributed by atoms with Crippen molar-refractivity contribution in [3.63, 3.8) is 0 Å². The minimum atomic E-state index is -0.235. The summed E-state index contributed by atoms with van der Waals surface area (Å²) in [4.78, 5) is 15.3. The second-order valence-corrected chi connectivity index (χ2v) is 9.25. The number of hydrogen-bond donors (Lipinski definition) is 1. The molecule has 3 aromatic rings. The predicted octanol–water partition coefficient (Wildman–Crippen LogP) is 6.47. The van der Waals surface area contributed by atoms with Crippen LogP contribution >= 0.6 is 23.2 Å². The Hall–Kier alpha value is -2.33. The number of hydrogen-bond acceptors (Lipinski definition) is 2. The van der Waals surface area contributed by atoms with Gasteiger partial charge in [-0.25, -0.2) is 0 Å². The van der Waals surface area contributed by atoms with E-state index in [0.29, 0.717) is 22.4 Å². The molecule has 0 saturated carbocycles. The van der Waals surface area contributed by atoms with Crippen LogP contribution in [-0.2, 0) is 4.79 Å². The van der Waals surface area contributed by atoms with Crippen molar-refractivity contribution < 1.29 is 4.79 Å². The van der Waals surface area contributed by atoms with Gasteiger partial charge in [-0.05, 0) is 72.8 Å². The van der Waals surface area contributed by atoms with Gasteiger partial charge >= 0.3 is 0 Å². The molecule has 3 aromatic carbocycles. The van der Waals surface area contributed by atoms with Crippen LogP contribution in [0.5, 0.6) is 0 Å². The molecule has 0 bridgehead atoms. The van der Waals surface area contributed by atoms with E-state index in [2.05, 4.69) is 40.5 Å². The number of nitrogens with one attached hydrogen (secondary N) is 1. The van der Waals surface area contributed by atoms with Gasteiger partial charge in [0.1, 0.15) is 0 Å². The van der Waals surface area contributed by atoms with Crippen LogP contribution in [0.3, 0.4) is 0 Å². The summed E-state index contributed by atoms with van der Waals surface area (Å²) in [6.45, 7) is 2.84. The topological polar surface area (TPSA) is 32.3 Å². The third-order valence-electron chi connectivity index (χ3n) is 6.23. The lowest BCUT2D eigenvalue weighted by Crippen LogP contribution is -2.37. The molecule has 32 heavy (non-hydrogen) atoms. The molecular weight excluding hydrogens is 439 g/mol. The van der Waals surface area contributed by atoms with Crippen LogP contribution < -0.4 is 5.32 Å². The molecule has 0 unspecified atom stereocenters. The summed E-state index contributed by atoms with van der Waals surface area (Å²) >= 11 is 12.1. The molecule has 1 aliphatic rings. The molecule has 1 saturated heterocycles. The van der Waals surface area contributed by atoms with Crippen molar-refractivity contribution >= 4 is 29.1 Å². The lowest BCUT2D eigenvalue weighted by molar-refractivity contribution is -0.122. The summed E-state index contributed by atoms with van der Waals surface area (Å²) in [5.74, 6) is 0.672. The molecule has 166 valence electrons. The van der Waals surface area contributed by atoms with Gasteiger partial charge in [0, 0.05) is 23.0 Å². The summed E-state index contributed by atoms with van der Waals surface area (Å²) in [6, 6.07) is 25.7. The standard InChI is InChI=1S/C27H28Cl2N2O/c28-24-10-6-22(7-11-24)27(23-8-12-25(29)13-9-23)30-26(32)16-19-31-17-14-21(15-18-31)20-4-2-1-3-5-20/h1-13,21,27H,14-19H2,(H,30,32). The fourth-order valence-electron chi connectivity index (χ4n) is 4.38. The van der Waals surface area contributed by atoms with E-state index in [1.54, 1.807) is 0 Å². The van der Waals surface area contributed by atoms with Crippen molar-refractivity contribution in [1.29, 1.82) is 0 Å². The van der Waals surface area contributed by atoms with E-state index in [9.17, 15) is 4.79 Å². The van der Waals surface area contributed by atoms with Crippen molar-refractivity contribution in [3.8, 4) is 0 Å². The van der Waals surface area contributed by atoms with Crippen LogP contribution in [0.25, 0.3) is 0 Å². The van der Waals surface area contributed by atoms with E-state index in [1.165, 1.54) is 5.56 Å². The molecule has 0 aromatic heterocycles. The fraction of sp³-hybridized carbons (Fsp3) is 0.296. The normalized spacial score (nSPS) is 15.1. The number of likely N-dealkylation sites (tertiary alicyclic amines) is 1. The Balaban J connectivity index is 1.33. The molecule has 0 radical (unpaired) electrons. The third-order valence-corrected chi connectivity index (χ3v) is 6.73. The summed E-state index contributed by atoms with van der Waals surface area (Å²) in [5, 5.41) is 4.56. The maximum absolute atomic E-state index is 12.9. The number of rotatable bonds is 7. The predicted molar refractivity (Wildman–Crippen MR) is 132 cm³/mol. The maximum Gasteiger partial charge on any atom is 0.222 e. The summed E-state index contributed by atoms with van der Waals surface area (Å²) < 4.78 is 0. The van der Waals surface area contributed by atoms with Crippen LogP contribution in [0, 0.1) is 0 Å². The van der Waals surface area contributed by atoms with Crippen LogP contribution in [0.15, 0.2) is 78.9 Å². The average molecular weight is 467 g/mol. The molecule has 3 nitrogen and oxygen atoms in total. The van der Waals surface area contributed by atoms with Crippen LogP contribution in [0.2, 0.25) is 10.0 Å². The van der Waals surface area contributed by atoms with Crippen LogP contribution in [0.1, 0.15) is 47.9 Å². The minimum Gasteiger partial charge on any atom is -0.345 e. The summed E-state index contributed by atoms with van der Waals surface area (Å²) in [5.41, 5.74) is 3.42.